The van der Waals surface area contributed by atoms with Crippen LogP contribution in [0.4, 0.5) is 0 Å². The number of thiazole rings is 1. The van der Waals surface area contributed by atoms with Crippen molar-refractivity contribution in [3.8, 4) is 5.75 Å². The van der Waals surface area contributed by atoms with Gasteiger partial charge in [-0.05, 0) is 44.7 Å². The highest BCUT2D eigenvalue weighted by molar-refractivity contribution is 7.11. The zero-order valence-electron chi connectivity index (χ0n) is 17.5. The van der Waals surface area contributed by atoms with Crippen molar-refractivity contribution in [1.82, 2.24) is 15.2 Å². The molecule has 2 aliphatic heterocycles. The van der Waals surface area contributed by atoms with Gasteiger partial charge in [0.2, 0.25) is 0 Å². The smallest absolute Gasteiger partial charge is 0.265 e. The summed E-state index contributed by atoms with van der Waals surface area (Å²) in [5, 5.41) is 3.16. The normalized spacial score (nSPS) is 23.0. The first kappa shape index (κ1) is 20.8. The molecular formula is C23H29N3O3S. The lowest BCUT2D eigenvalue weighted by atomic mass is 9.75. The number of carbonyl (C=O) groups is 2. The molecule has 0 saturated carbocycles. The number of likely N-dealkylation sites (tertiary alicyclic amines) is 1. The van der Waals surface area contributed by atoms with Crippen LogP contribution in [-0.2, 0) is 0 Å². The van der Waals surface area contributed by atoms with E-state index in [1.54, 1.807) is 5.51 Å². The van der Waals surface area contributed by atoms with Gasteiger partial charge in [0.25, 0.3) is 11.8 Å². The topological polar surface area (TPSA) is 71.5 Å². The summed E-state index contributed by atoms with van der Waals surface area (Å²) < 4.78 is 5.85. The van der Waals surface area contributed by atoms with Crippen LogP contribution < -0.4 is 10.1 Å². The lowest BCUT2D eigenvalue weighted by Gasteiger charge is -2.43. The Morgan fingerprint density at radius 3 is 2.87 bits per heavy atom. The Morgan fingerprint density at radius 1 is 1.20 bits per heavy atom. The van der Waals surface area contributed by atoms with Crippen molar-refractivity contribution in [3.63, 3.8) is 0 Å². The van der Waals surface area contributed by atoms with Gasteiger partial charge >= 0.3 is 0 Å². The molecule has 7 heteroatoms. The predicted octanol–water partition coefficient (Wildman–Crippen LogP) is 4.06. The number of ether oxygens (including phenoxy) is 1. The zero-order chi connectivity index (χ0) is 21.0. The minimum Gasteiger partial charge on any atom is -0.493 e. The van der Waals surface area contributed by atoms with E-state index in [4.69, 9.17) is 4.74 Å². The number of hydrogen-bond donors (Lipinski definition) is 1. The maximum atomic E-state index is 13.1. The van der Waals surface area contributed by atoms with E-state index >= 15 is 0 Å². The first-order valence-electron chi connectivity index (χ1n) is 10.8. The SMILES string of the molecule is Cc1ncsc1C(=O)N1CCCC2(CCCCCOc3ccccc3C(=O)NC2)C1. The molecule has 1 spiro atoms. The zero-order valence-corrected chi connectivity index (χ0v) is 18.3. The molecule has 1 saturated heterocycles. The number of rotatable bonds is 1. The van der Waals surface area contributed by atoms with Crippen LogP contribution in [-0.4, -0.2) is 47.9 Å². The molecule has 4 rings (SSSR count). The first-order chi connectivity index (χ1) is 14.6. The highest BCUT2D eigenvalue weighted by atomic mass is 32.1. The fourth-order valence-corrected chi connectivity index (χ4v) is 5.34. The molecule has 0 radical (unpaired) electrons. The fourth-order valence-electron chi connectivity index (χ4n) is 4.57. The second kappa shape index (κ2) is 9.16. The van der Waals surface area contributed by atoms with Gasteiger partial charge in [-0.1, -0.05) is 25.0 Å². The number of nitrogens with one attached hydrogen (secondary N) is 1. The van der Waals surface area contributed by atoms with Crippen LogP contribution in [0.2, 0.25) is 0 Å². The Bertz CT molecular complexity index is 913. The van der Waals surface area contributed by atoms with Crippen molar-refractivity contribution < 1.29 is 14.3 Å². The summed E-state index contributed by atoms with van der Waals surface area (Å²) in [7, 11) is 0. The predicted molar refractivity (Wildman–Crippen MR) is 117 cm³/mol. The number of piperidine rings is 1. The Hall–Kier alpha value is -2.41. The monoisotopic (exact) mass is 427 g/mol. The number of benzene rings is 1. The van der Waals surface area contributed by atoms with Gasteiger partial charge in [-0.25, -0.2) is 4.98 Å². The van der Waals surface area contributed by atoms with Gasteiger partial charge < -0.3 is 15.0 Å². The Balaban J connectivity index is 1.53. The number of para-hydroxylation sites is 1. The molecule has 1 aromatic heterocycles. The van der Waals surface area contributed by atoms with Gasteiger partial charge in [-0.3, -0.25) is 9.59 Å². The third-order valence-corrected chi connectivity index (χ3v) is 7.17. The number of aromatic nitrogens is 1. The van der Waals surface area contributed by atoms with Crippen molar-refractivity contribution in [2.24, 2.45) is 5.41 Å². The van der Waals surface area contributed by atoms with Gasteiger partial charge in [-0.2, -0.15) is 0 Å². The average Bonchev–Trinajstić information content (AvgIpc) is 3.19. The second-order valence-electron chi connectivity index (χ2n) is 8.44. The molecule has 0 bridgehead atoms. The third-order valence-electron chi connectivity index (χ3n) is 6.25. The van der Waals surface area contributed by atoms with E-state index in [0.717, 1.165) is 55.6 Å². The van der Waals surface area contributed by atoms with Gasteiger partial charge in [0.15, 0.2) is 0 Å². The van der Waals surface area contributed by atoms with Crippen molar-refractivity contribution >= 4 is 23.2 Å². The first-order valence-corrected chi connectivity index (χ1v) is 11.7. The van der Waals surface area contributed by atoms with E-state index in [1.165, 1.54) is 11.3 Å². The summed E-state index contributed by atoms with van der Waals surface area (Å²) >= 11 is 1.41. The maximum absolute atomic E-state index is 13.1. The summed E-state index contributed by atoms with van der Waals surface area (Å²) in [6.07, 6.45) is 6.10. The van der Waals surface area contributed by atoms with Crippen LogP contribution in [0.15, 0.2) is 29.8 Å². The number of hydrogen-bond acceptors (Lipinski definition) is 5. The molecular weight excluding hydrogens is 398 g/mol. The summed E-state index contributed by atoms with van der Waals surface area (Å²) in [6.45, 7) is 4.53. The minimum absolute atomic E-state index is 0.0743. The summed E-state index contributed by atoms with van der Waals surface area (Å²) in [5.41, 5.74) is 3.03. The van der Waals surface area contributed by atoms with Crippen LogP contribution in [0.3, 0.4) is 0 Å². The number of aryl methyl sites for hydroxylation is 1. The number of amides is 2. The highest BCUT2D eigenvalue weighted by Gasteiger charge is 2.38. The van der Waals surface area contributed by atoms with E-state index in [9.17, 15) is 9.59 Å². The summed E-state index contributed by atoms with van der Waals surface area (Å²) in [4.78, 5) is 33.0. The Kier molecular flexibility index (Phi) is 6.37. The van der Waals surface area contributed by atoms with Crippen LogP contribution in [0, 0.1) is 12.3 Å². The highest BCUT2D eigenvalue weighted by Crippen LogP contribution is 2.36. The molecule has 6 nitrogen and oxygen atoms in total. The van der Waals surface area contributed by atoms with Crippen molar-refractivity contribution in [3.05, 3.63) is 45.9 Å². The largest absolute Gasteiger partial charge is 0.493 e. The molecule has 1 fully saturated rings. The quantitative estimate of drug-likeness (QED) is 0.745. The van der Waals surface area contributed by atoms with Crippen molar-refractivity contribution in [1.29, 1.82) is 0 Å². The second-order valence-corrected chi connectivity index (χ2v) is 9.29. The molecule has 1 aromatic carbocycles. The molecule has 2 amide bonds. The number of carbonyl (C=O) groups excluding carboxylic acids is 2. The van der Waals surface area contributed by atoms with Crippen LogP contribution in [0.1, 0.15) is 64.2 Å². The summed E-state index contributed by atoms with van der Waals surface area (Å²) in [5.74, 6) is 0.614. The van der Waals surface area contributed by atoms with Crippen LogP contribution in [0.5, 0.6) is 5.75 Å². The molecule has 1 N–H and O–H groups in total. The van der Waals surface area contributed by atoms with Gasteiger partial charge in [-0.15, -0.1) is 11.3 Å². The van der Waals surface area contributed by atoms with E-state index < -0.39 is 0 Å². The molecule has 160 valence electrons. The van der Waals surface area contributed by atoms with Crippen molar-refractivity contribution in [2.75, 3.05) is 26.2 Å². The van der Waals surface area contributed by atoms with Crippen LogP contribution in [0.25, 0.3) is 0 Å². The fraction of sp³-hybridized carbons (Fsp3) is 0.522. The van der Waals surface area contributed by atoms with Gasteiger partial charge in [0.1, 0.15) is 10.6 Å². The maximum Gasteiger partial charge on any atom is 0.265 e. The van der Waals surface area contributed by atoms with E-state index in [-0.39, 0.29) is 17.2 Å². The number of nitrogens with zero attached hydrogens (tertiary/aromatic N) is 2. The average molecular weight is 428 g/mol. The molecule has 1 atom stereocenters. The van der Waals surface area contributed by atoms with Gasteiger partial charge in [0, 0.05) is 25.0 Å². The molecule has 2 aliphatic rings. The van der Waals surface area contributed by atoms with Crippen LogP contribution >= 0.6 is 11.3 Å². The minimum atomic E-state index is -0.104. The molecule has 2 aromatic rings. The molecule has 30 heavy (non-hydrogen) atoms. The van der Waals surface area contributed by atoms with E-state index in [0.29, 0.717) is 31.0 Å². The lowest BCUT2D eigenvalue weighted by molar-refractivity contribution is 0.0472. The third kappa shape index (κ3) is 4.51. The van der Waals surface area contributed by atoms with Crippen molar-refractivity contribution in [2.45, 2.75) is 45.4 Å². The number of fused-ring (bicyclic) bond motifs is 1. The Labute approximate surface area is 181 Å². The standard InChI is InChI=1S/C23H29N3O3S/c1-17-20(30-16-25-17)22(28)26-12-7-11-23(15-26)10-5-2-6-13-29-19-9-4-3-8-18(19)21(27)24-14-23/h3-4,8-9,16H,2,5-7,10-15H2,1H3,(H,24,27). The molecule has 1 unspecified atom stereocenters. The van der Waals surface area contributed by atoms with E-state index in [1.807, 2.05) is 36.1 Å². The summed E-state index contributed by atoms with van der Waals surface area (Å²) in [6, 6.07) is 7.43. The lowest BCUT2D eigenvalue weighted by Crippen LogP contribution is -2.51. The molecule has 0 aliphatic carbocycles. The Morgan fingerprint density at radius 2 is 2.03 bits per heavy atom. The van der Waals surface area contributed by atoms with Gasteiger partial charge in [0.05, 0.1) is 23.4 Å². The van der Waals surface area contributed by atoms with E-state index in [2.05, 4.69) is 10.3 Å². The molecule has 3 heterocycles.